The van der Waals surface area contributed by atoms with Crippen molar-refractivity contribution in [2.24, 2.45) is 0 Å². The van der Waals surface area contributed by atoms with Crippen molar-refractivity contribution < 1.29 is 28.6 Å². The maximum absolute atomic E-state index is 2.28. The van der Waals surface area contributed by atoms with Gasteiger partial charge in [-0.15, -0.1) is 0 Å². The highest BCUT2D eigenvalue weighted by Crippen LogP contribution is 2.37. The molecule has 0 unspecified atom stereocenters. The highest BCUT2D eigenvalue weighted by molar-refractivity contribution is 6.15. The summed E-state index contributed by atoms with van der Waals surface area (Å²) in [5, 5.41) is 2.61. The Labute approximate surface area is 147 Å². The van der Waals surface area contributed by atoms with Gasteiger partial charge in [-0.1, -0.05) is 42.5 Å². The zero-order valence-corrected chi connectivity index (χ0v) is 14.8. The van der Waals surface area contributed by atoms with E-state index in [0.29, 0.717) is 0 Å². The maximum Gasteiger partial charge on any atom is 0.289 e. The number of anilines is 1. The zero-order valence-electron chi connectivity index (χ0n) is 12.6. The fourth-order valence-electron chi connectivity index (χ4n) is 3.29. The van der Waals surface area contributed by atoms with E-state index in [-0.39, 0.29) is 24.0 Å². The molecule has 110 valence electrons. The molecule has 3 aromatic carbocycles. The van der Waals surface area contributed by atoms with E-state index in [2.05, 4.69) is 90.3 Å². The fraction of sp³-hybridized carbons (Fsp3) is 0.105. The first-order valence-electron chi connectivity index (χ1n) is 7.19. The molecule has 22 heavy (non-hydrogen) atoms. The van der Waals surface area contributed by atoms with Gasteiger partial charge in [0.1, 0.15) is 11.4 Å². The molecule has 1 aliphatic rings. The minimum atomic E-state index is 0. The molecule has 1 heterocycles. The van der Waals surface area contributed by atoms with E-state index in [4.69, 9.17) is 0 Å². The lowest BCUT2D eigenvalue weighted by Crippen LogP contribution is -3.00. The summed E-state index contributed by atoms with van der Waals surface area (Å²) in [5.41, 5.74) is 3.76. The van der Waals surface area contributed by atoms with Crippen LogP contribution >= 0.6 is 0 Å². The van der Waals surface area contributed by atoms with Crippen molar-refractivity contribution in [3.8, 4) is 0 Å². The van der Waals surface area contributed by atoms with E-state index in [9.17, 15) is 0 Å². The molecule has 0 atom stereocenters. The second-order valence-corrected chi connectivity index (χ2v) is 5.46. The number of benzene rings is 3. The minimum Gasteiger partial charge on any atom is -1.00 e. The van der Waals surface area contributed by atoms with Gasteiger partial charge in [0.05, 0.1) is 25.0 Å². The Bertz CT molecular complexity index is 864. The number of halogens is 1. The normalized spacial score (nSPS) is 13.3. The van der Waals surface area contributed by atoms with Gasteiger partial charge in [0.25, 0.3) is 5.84 Å². The average Bonchev–Trinajstić information content (AvgIpc) is 2.54. The molecule has 0 amide bonds. The van der Waals surface area contributed by atoms with Crippen molar-refractivity contribution in [1.29, 1.82) is 0 Å². The van der Waals surface area contributed by atoms with Crippen LogP contribution in [0.3, 0.4) is 0 Å². The maximum atomic E-state index is 2.28. The minimum absolute atomic E-state index is 0. The molecule has 0 saturated carbocycles. The van der Waals surface area contributed by atoms with E-state index in [1.54, 1.807) is 0 Å². The molecule has 0 radical (unpaired) electrons. The Balaban J connectivity index is 0.00000144. The summed E-state index contributed by atoms with van der Waals surface area (Å²) in [6, 6.07) is 23.6. The quantitative estimate of drug-likeness (QED) is 0.437. The summed E-state index contributed by atoms with van der Waals surface area (Å²) in [5.74, 6) is 1.21. The SMILES string of the molecule is CN1C(c2ccccc2)=[N+](C)c2cccc3cccc1c23.[I-]. The number of hydrogen-bond acceptors (Lipinski definition) is 1. The van der Waals surface area contributed by atoms with Gasteiger partial charge in [-0.05, 0) is 29.7 Å². The Hall–Kier alpha value is -1.88. The molecular weight excluding hydrogens is 383 g/mol. The van der Waals surface area contributed by atoms with E-state index in [0.717, 1.165) is 0 Å². The average molecular weight is 400 g/mol. The topological polar surface area (TPSA) is 6.25 Å². The van der Waals surface area contributed by atoms with Gasteiger partial charge in [0.2, 0.25) is 0 Å². The number of nitrogens with zero attached hydrogens (tertiary/aromatic N) is 2. The van der Waals surface area contributed by atoms with Crippen molar-refractivity contribution in [2.45, 2.75) is 0 Å². The fourth-order valence-corrected chi connectivity index (χ4v) is 3.29. The highest BCUT2D eigenvalue weighted by Gasteiger charge is 2.30. The van der Waals surface area contributed by atoms with Crippen molar-refractivity contribution >= 4 is 28.0 Å². The first-order valence-corrected chi connectivity index (χ1v) is 7.19. The summed E-state index contributed by atoms with van der Waals surface area (Å²) in [6.45, 7) is 0. The summed E-state index contributed by atoms with van der Waals surface area (Å²) in [7, 11) is 4.28. The standard InChI is InChI=1S/C19H17N2.HI/c1-20-16-12-6-10-14-11-7-13-17(18(14)16)21(2)19(20)15-8-4-3-5-9-15;/h3-13H,1-2H3;1H/q+1;/p-1. The van der Waals surface area contributed by atoms with Gasteiger partial charge in [-0.2, -0.15) is 0 Å². The lowest BCUT2D eigenvalue weighted by molar-refractivity contribution is -0.404. The molecule has 2 nitrogen and oxygen atoms in total. The van der Waals surface area contributed by atoms with E-state index < -0.39 is 0 Å². The van der Waals surface area contributed by atoms with Gasteiger partial charge in [-0.3, -0.25) is 0 Å². The van der Waals surface area contributed by atoms with Crippen LogP contribution in [0.15, 0.2) is 66.7 Å². The smallest absolute Gasteiger partial charge is 0.289 e. The summed E-state index contributed by atoms with van der Waals surface area (Å²) < 4.78 is 2.28. The summed E-state index contributed by atoms with van der Waals surface area (Å²) in [4.78, 5) is 2.28. The summed E-state index contributed by atoms with van der Waals surface area (Å²) in [6.07, 6.45) is 0. The predicted molar refractivity (Wildman–Crippen MR) is 88.7 cm³/mol. The van der Waals surface area contributed by atoms with Crippen LogP contribution in [0.4, 0.5) is 11.4 Å². The monoisotopic (exact) mass is 400 g/mol. The predicted octanol–water partition coefficient (Wildman–Crippen LogP) is 1.01. The molecule has 0 fully saturated rings. The van der Waals surface area contributed by atoms with Crippen molar-refractivity contribution in [2.75, 3.05) is 19.0 Å². The summed E-state index contributed by atoms with van der Waals surface area (Å²) >= 11 is 0. The second kappa shape index (κ2) is 5.72. The van der Waals surface area contributed by atoms with Crippen molar-refractivity contribution in [3.63, 3.8) is 0 Å². The van der Waals surface area contributed by atoms with Gasteiger partial charge < -0.3 is 24.0 Å². The first kappa shape index (κ1) is 15.0. The molecule has 0 bridgehead atoms. The molecule has 0 saturated heterocycles. The van der Waals surface area contributed by atoms with Crippen LogP contribution in [0.5, 0.6) is 0 Å². The number of hydrogen-bond donors (Lipinski definition) is 0. The second-order valence-electron chi connectivity index (χ2n) is 5.46. The van der Waals surface area contributed by atoms with E-state index >= 15 is 0 Å². The van der Waals surface area contributed by atoms with Gasteiger partial charge >= 0.3 is 0 Å². The van der Waals surface area contributed by atoms with Crippen molar-refractivity contribution in [1.82, 2.24) is 0 Å². The molecular formula is C19H17IN2. The van der Waals surface area contributed by atoms with Crippen LogP contribution in [0.2, 0.25) is 0 Å². The highest BCUT2D eigenvalue weighted by atomic mass is 127. The zero-order chi connectivity index (χ0) is 14.4. The van der Waals surface area contributed by atoms with Crippen LogP contribution < -0.4 is 28.9 Å². The Morgan fingerprint density at radius 1 is 0.818 bits per heavy atom. The molecule has 1 aliphatic heterocycles. The van der Waals surface area contributed by atoms with Crippen LogP contribution in [-0.4, -0.2) is 24.5 Å². The van der Waals surface area contributed by atoms with E-state index in [1.165, 1.54) is 33.5 Å². The van der Waals surface area contributed by atoms with Gasteiger partial charge in [0.15, 0.2) is 0 Å². The Morgan fingerprint density at radius 3 is 2.23 bits per heavy atom. The molecule has 3 aromatic rings. The third kappa shape index (κ3) is 2.11. The number of amidine groups is 1. The lowest BCUT2D eigenvalue weighted by atomic mass is 10.0. The van der Waals surface area contributed by atoms with Crippen LogP contribution in [0.1, 0.15) is 5.56 Å². The molecule has 0 N–H and O–H groups in total. The Kier molecular flexibility index (Phi) is 3.91. The molecule has 0 spiro atoms. The Morgan fingerprint density at radius 2 is 1.50 bits per heavy atom. The van der Waals surface area contributed by atoms with Crippen LogP contribution in [-0.2, 0) is 0 Å². The molecule has 0 aliphatic carbocycles. The largest absolute Gasteiger partial charge is 1.00 e. The van der Waals surface area contributed by atoms with Gasteiger partial charge in [-0.25, -0.2) is 9.48 Å². The molecule has 4 rings (SSSR count). The van der Waals surface area contributed by atoms with Crippen LogP contribution in [0, 0.1) is 0 Å². The third-order valence-electron chi connectivity index (χ3n) is 4.25. The lowest BCUT2D eigenvalue weighted by Gasteiger charge is -2.24. The molecule has 3 heteroatoms. The van der Waals surface area contributed by atoms with Crippen LogP contribution in [0.25, 0.3) is 10.8 Å². The van der Waals surface area contributed by atoms with Crippen molar-refractivity contribution in [3.05, 3.63) is 72.3 Å². The molecule has 0 aromatic heterocycles. The van der Waals surface area contributed by atoms with E-state index in [1.807, 2.05) is 0 Å². The number of rotatable bonds is 1. The third-order valence-corrected chi connectivity index (χ3v) is 4.25. The first-order chi connectivity index (χ1) is 10.3. The van der Waals surface area contributed by atoms with Gasteiger partial charge in [0, 0.05) is 0 Å².